The largest absolute Gasteiger partial charge is 0.399 e. The Balaban J connectivity index is 2.18. The lowest BCUT2D eigenvalue weighted by molar-refractivity contribution is 0.521. The molecule has 0 bridgehead atoms. The molecular formula is C14H16N4O2S. The van der Waals surface area contributed by atoms with Crippen LogP contribution in [0.3, 0.4) is 0 Å². The van der Waals surface area contributed by atoms with Crippen LogP contribution in [-0.4, -0.2) is 26.8 Å². The minimum Gasteiger partial charge on any atom is -0.399 e. The summed E-state index contributed by atoms with van der Waals surface area (Å²) < 4.78 is 25.0. The average Bonchev–Trinajstić information content (AvgIpc) is 2.47. The molecule has 2 aromatic rings. The van der Waals surface area contributed by atoms with Crippen LogP contribution in [0.2, 0.25) is 0 Å². The number of anilines is 1. The number of nitrogen functional groups attached to an aromatic ring is 1. The molecule has 0 aliphatic rings. The van der Waals surface area contributed by atoms with E-state index in [1.165, 1.54) is 26.2 Å². The van der Waals surface area contributed by atoms with E-state index in [4.69, 9.17) is 5.73 Å². The first kappa shape index (κ1) is 15.1. The van der Waals surface area contributed by atoms with Gasteiger partial charge in [-0.3, -0.25) is 0 Å². The Labute approximate surface area is 124 Å². The van der Waals surface area contributed by atoms with Gasteiger partial charge >= 0.3 is 0 Å². The van der Waals surface area contributed by atoms with Crippen LogP contribution in [0.15, 0.2) is 63.7 Å². The van der Waals surface area contributed by atoms with Crippen molar-refractivity contribution in [1.29, 1.82) is 0 Å². The quantitative estimate of drug-likeness (QED) is 0.695. The summed E-state index contributed by atoms with van der Waals surface area (Å²) in [7, 11) is -0.438. The molecule has 0 radical (unpaired) electrons. The van der Waals surface area contributed by atoms with Crippen LogP contribution in [0, 0.1) is 0 Å². The van der Waals surface area contributed by atoms with Crippen molar-refractivity contribution >= 4 is 27.1 Å². The van der Waals surface area contributed by atoms with Gasteiger partial charge in [-0.25, -0.2) is 12.7 Å². The van der Waals surface area contributed by atoms with Crippen LogP contribution in [-0.2, 0) is 10.0 Å². The molecule has 110 valence electrons. The maximum Gasteiger partial charge on any atom is 0.242 e. The molecule has 0 amide bonds. The molecule has 0 saturated carbocycles. The maximum absolute atomic E-state index is 11.9. The van der Waals surface area contributed by atoms with Gasteiger partial charge in [-0.15, -0.1) is 0 Å². The van der Waals surface area contributed by atoms with Gasteiger partial charge in [-0.1, -0.05) is 0 Å². The van der Waals surface area contributed by atoms with E-state index in [9.17, 15) is 8.42 Å². The number of nitrogens with two attached hydrogens (primary N) is 1. The molecule has 0 aromatic heterocycles. The van der Waals surface area contributed by atoms with Gasteiger partial charge < -0.3 is 5.73 Å². The number of hydrogen-bond acceptors (Lipinski definition) is 5. The number of sulfonamides is 1. The van der Waals surface area contributed by atoms with E-state index in [2.05, 4.69) is 10.2 Å². The van der Waals surface area contributed by atoms with Crippen LogP contribution in [0.25, 0.3) is 0 Å². The van der Waals surface area contributed by atoms with E-state index in [-0.39, 0.29) is 4.90 Å². The lowest BCUT2D eigenvalue weighted by Crippen LogP contribution is -2.21. The molecule has 0 saturated heterocycles. The Hall–Kier alpha value is -2.25. The van der Waals surface area contributed by atoms with Gasteiger partial charge in [-0.05, 0) is 48.5 Å². The van der Waals surface area contributed by atoms with Crippen molar-refractivity contribution in [1.82, 2.24) is 4.31 Å². The molecule has 2 aromatic carbocycles. The van der Waals surface area contributed by atoms with Crippen molar-refractivity contribution < 1.29 is 8.42 Å². The van der Waals surface area contributed by atoms with Gasteiger partial charge in [0.25, 0.3) is 0 Å². The van der Waals surface area contributed by atoms with E-state index >= 15 is 0 Å². The Morgan fingerprint density at radius 1 is 0.857 bits per heavy atom. The van der Waals surface area contributed by atoms with E-state index in [0.29, 0.717) is 17.1 Å². The van der Waals surface area contributed by atoms with Gasteiger partial charge in [0.2, 0.25) is 10.0 Å². The zero-order valence-electron chi connectivity index (χ0n) is 11.8. The van der Waals surface area contributed by atoms with E-state index in [1.54, 1.807) is 36.4 Å². The zero-order chi connectivity index (χ0) is 15.5. The molecule has 0 aliphatic carbocycles. The average molecular weight is 304 g/mol. The number of rotatable bonds is 4. The number of azo groups is 1. The Bertz CT molecular complexity index is 736. The smallest absolute Gasteiger partial charge is 0.242 e. The van der Waals surface area contributed by atoms with Gasteiger partial charge in [0, 0.05) is 19.8 Å². The molecule has 2 rings (SSSR count). The van der Waals surface area contributed by atoms with Crippen LogP contribution >= 0.6 is 0 Å². The molecule has 21 heavy (non-hydrogen) atoms. The summed E-state index contributed by atoms with van der Waals surface area (Å²) in [4.78, 5) is 0.221. The number of benzene rings is 2. The van der Waals surface area contributed by atoms with Gasteiger partial charge in [0.05, 0.1) is 16.3 Å². The fraction of sp³-hybridized carbons (Fsp3) is 0.143. The van der Waals surface area contributed by atoms with E-state index < -0.39 is 10.0 Å². The SMILES string of the molecule is CN(C)S(=O)(=O)c1ccc(/N=N/c2ccc(N)cc2)cc1. The summed E-state index contributed by atoms with van der Waals surface area (Å²) in [6.45, 7) is 0. The molecule has 0 atom stereocenters. The molecular weight excluding hydrogens is 288 g/mol. The standard InChI is InChI=1S/C14H16N4O2S/c1-18(2)21(19,20)14-9-7-13(8-10-14)17-16-12-5-3-11(15)4-6-12/h3-10H,15H2,1-2H3/b17-16+. The van der Waals surface area contributed by atoms with E-state index in [1.807, 2.05) is 0 Å². The van der Waals surface area contributed by atoms with Crippen molar-refractivity contribution in [2.75, 3.05) is 19.8 Å². The topological polar surface area (TPSA) is 88.1 Å². The lowest BCUT2D eigenvalue weighted by atomic mass is 10.3. The van der Waals surface area contributed by atoms with Gasteiger partial charge in [-0.2, -0.15) is 10.2 Å². The van der Waals surface area contributed by atoms with Crippen LogP contribution in [0.5, 0.6) is 0 Å². The molecule has 0 spiro atoms. The van der Waals surface area contributed by atoms with Gasteiger partial charge in [0.15, 0.2) is 0 Å². The second kappa shape index (κ2) is 6.02. The third-order valence-electron chi connectivity index (χ3n) is 2.79. The Morgan fingerprint density at radius 3 is 1.71 bits per heavy atom. The fourth-order valence-electron chi connectivity index (χ4n) is 1.55. The molecule has 0 fully saturated rings. The molecule has 0 unspecified atom stereocenters. The zero-order valence-corrected chi connectivity index (χ0v) is 12.6. The first-order valence-corrected chi connectivity index (χ1v) is 7.63. The predicted molar refractivity (Wildman–Crippen MR) is 82.3 cm³/mol. The molecule has 0 heterocycles. The van der Waals surface area contributed by atoms with Crippen LogP contribution in [0.4, 0.5) is 17.1 Å². The van der Waals surface area contributed by atoms with Gasteiger partial charge in [0.1, 0.15) is 0 Å². The van der Waals surface area contributed by atoms with Crippen LogP contribution < -0.4 is 5.73 Å². The number of hydrogen-bond donors (Lipinski definition) is 1. The predicted octanol–water partition coefficient (Wildman–Crippen LogP) is 2.93. The Kier molecular flexibility index (Phi) is 4.35. The minimum absolute atomic E-state index is 0.221. The summed E-state index contributed by atoms with van der Waals surface area (Å²) in [6, 6.07) is 13.2. The molecule has 7 heteroatoms. The van der Waals surface area contributed by atoms with E-state index in [0.717, 1.165) is 4.31 Å². The van der Waals surface area contributed by atoms with Crippen molar-refractivity contribution in [2.24, 2.45) is 10.2 Å². The third kappa shape index (κ3) is 3.65. The monoisotopic (exact) mass is 304 g/mol. The summed E-state index contributed by atoms with van der Waals surface area (Å²) in [5.74, 6) is 0. The highest BCUT2D eigenvalue weighted by atomic mass is 32.2. The fourth-order valence-corrected chi connectivity index (χ4v) is 2.45. The summed E-state index contributed by atoms with van der Waals surface area (Å²) in [6.07, 6.45) is 0. The maximum atomic E-state index is 11.9. The molecule has 2 N–H and O–H groups in total. The molecule has 6 nitrogen and oxygen atoms in total. The first-order chi connectivity index (χ1) is 9.89. The first-order valence-electron chi connectivity index (χ1n) is 6.19. The second-order valence-electron chi connectivity index (χ2n) is 4.57. The minimum atomic E-state index is -3.42. The third-order valence-corrected chi connectivity index (χ3v) is 4.62. The summed E-state index contributed by atoms with van der Waals surface area (Å²) in [5.41, 5.74) is 7.49. The van der Waals surface area contributed by atoms with Crippen molar-refractivity contribution in [2.45, 2.75) is 4.90 Å². The normalized spacial score (nSPS) is 12.1. The van der Waals surface area contributed by atoms with Crippen LogP contribution in [0.1, 0.15) is 0 Å². The summed E-state index contributed by atoms with van der Waals surface area (Å²) >= 11 is 0. The van der Waals surface area contributed by atoms with Crippen molar-refractivity contribution in [3.8, 4) is 0 Å². The highest BCUT2D eigenvalue weighted by Crippen LogP contribution is 2.21. The number of nitrogens with zero attached hydrogens (tertiary/aromatic N) is 3. The second-order valence-corrected chi connectivity index (χ2v) is 6.72. The molecule has 0 aliphatic heterocycles. The lowest BCUT2D eigenvalue weighted by Gasteiger charge is -2.10. The highest BCUT2D eigenvalue weighted by molar-refractivity contribution is 7.89. The van der Waals surface area contributed by atoms with Crippen molar-refractivity contribution in [3.05, 3.63) is 48.5 Å². The van der Waals surface area contributed by atoms with Crippen molar-refractivity contribution in [3.63, 3.8) is 0 Å². The Morgan fingerprint density at radius 2 is 1.29 bits per heavy atom. The highest BCUT2D eigenvalue weighted by Gasteiger charge is 2.16. The summed E-state index contributed by atoms with van der Waals surface area (Å²) in [5, 5.41) is 8.10.